The minimum Gasteiger partial charge on any atom is -0.496 e. The molecule has 6 nitrogen and oxygen atoms in total. The summed E-state index contributed by atoms with van der Waals surface area (Å²) in [5.41, 5.74) is 5.91. The Labute approximate surface area is 105 Å². The number of hydrogen-bond acceptors (Lipinski definition) is 6. The summed E-state index contributed by atoms with van der Waals surface area (Å²) in [4.78, 5) is 10.9. The molecule has 0 heterocycles. The minimum absolute atomic E-state index is 0.0952. The lowest BCUT2D eigenvalue weighted by molar-refractivity contribution is 0.0228. The number of ether oxygens (including phenoxy) is 2. The number of hydrogen-bond donors (Lipinski definition) is 3. The van der Waals surface area contributed by atoms with Crippen molar-refractivity contribution in [3.8, 4) is 11.5 Å². The molecule has 0 fully saturated rings. The van der Waals surface area contributed by atoms with Gasteiger partial charge in [-0.05, 0) is 12.1 Å². The molecule has 1 aromatic carbocycles. The normalized spacial score (nSPS) is 13.8. The third-order valence-electron chi connectivity index (χ3n) is 2.63. The zero-order valence-electron chi connectivity index (χ0n) is 10.3. The molecule has 2 unspecified atom stereocenters. The number of carbonyl (C=O) groups excluding carboxylic acids is 1. The topological polar surface area (TPSA) is 102 Å². The molecular formula is C12H17NO5. The Morgan fingerprint density at radius 2 is 1.89 bits per heavy atom. The van der Waals surface area contributed by atoms with E-state index in [9.17, 15) is 15.0 Å². The zero-order valence-corrected chi connectivity index (χ0v) is 10.3. The van der Waals surface area contributed by atoms with E-state index in [-0.39, 0.29) is 12.3 Å². The molecule has 0 aromatic heterocycles. The van der Waals surface area contributed by atoms with Crippen LogP contribution < -0.4 is 15.2 Å². The van der Waals surface area contributed by atoms with Crippen LogP contribution in [0.25, 0.3) is 0 Å². The maximum Gasteiger partial charge on any atom is 0.153 e. The molecule has 18 heavy (non-hydrogen) atoms. The van der Waals surface area contributed by atoms with E-state index in [1.54, 1.807) is 0 Å². The van der Waals surface area contributed by atoms with Crippen LogP contribution in [0.3, 0.4) is 0 Å². The molecule has 0 aliphatic carbocycles. The van der Waals surface area contributed by atoms with Gasteiger partial charge in [0, 0.05) is 12.1 Å². The first kappa shape index (κ1) is 14.4. The van der Waals surface area contributed by atoms with Crippen molar-refractivity contribution in [3.05, 3.63) is 23.3 Å². The molecule has 0 saturated carbocycles. The second kappa shape index (κ2) is 6.34. The highest BCUT2D eigenvalue weighted by Gasteiger charge is 2.22. The van der Waals surface area contributed by atoms with Gasteiger partial charge in [-0.25, -0.2) is 0 Å². The van der Waals surface area contributed by atoms with Gasteiger partial charge in [0.15, 0.2) is 6.29 Å². The van der Waals surface area contributed by atoms with Crippen LogP contribution in [0.5, 0.6) is 11.5 Å². The summed E-state index contributed by atoms with van der Waals surface area (Å²) >= 11 is 0. The molecular weight excluding hydrogens is 238 g/mol. The Kier molecular flexibility index (Phi) is 5.08. The molecule has 4 N–H and O–H groups in total. The molecule has 0 bridgehead atoms. The van der Waals surface area contributed by atoms with Crippen molar-refractivity contribution in [2.75, 3.05) is 20.8 Å². The standard InChI is InChI=1S/C12H17NO5/c1-17-10-4-8(12(16)9(15)5-13)11(18-2)3-7(10)6-14/h3-4,6,9,12,15-16H,5,13H2,1-2H3. The second-order valence-corrected chi connectivity index (χ2v) is 3.70. The number of aliphatic hydroxyl groups is 2. The molecule has 0 aliphatic heterocycles. The molecule has 0 spiro atoms. The number of rotatable bonds is 6. The summed E-state index contributed by atoms with van der Waals surface area (Å²) in [5, 5.41) is 19.5. The van der Waals surface area contributed by atoms with E-state index < -0.39 is 12.2 Å². The van der Waals surface area contributed by atoms with Crippen molar-refractivity contribution in [2.45, 2.75) is 12.2 Å². The van der Waals surface area contributed by atoms with Crippen LogP contribution in [-0.2, 0) is 0 Å². The molecule has 6 heteroatoms. The molecule has 100 valence electrons. The first-order chi connectivity index (χ1) is 8.58. The van der Waals surface area contributed by atoms with Gasteiger partial charge in [-0.2, -0.15) is 0 Å². The van der Waals surface area contributed by atoms with Gasteiger partial charge < -0.3 is 25.4 Å². The van der Waals surface area contributed by atoms with E-state index in [4.69, 9.17) is 15.2 Å². The van der Waals surface area contributed by atoms with Gasteiger partial charge in [-0.3, -0.25) is 4.79 Å². The van der Waals surface area contributed by atoms with Gasteiger partial charge in [0.05, 0.1) is 25.9 Å². The van der Waals surface area contributed by atoms with Crippen molar-refractivity contribution < 1.29 is 24.5 Å². The fourth-order valence-corrected chi connectivity index (χ4v) is 1.60. The van der Waals surface area contributed by atoms with Gasteiger partial charge in [0.25, 0.3) is 0 Å². The third kappa shape index (κ3) is 2.79. The van der Waals surface area contributed by atoms with E-state index in [2.05, 4.69) is 0 Å². The number of aldehydes is 1. The van der Waals surface area contributed by atoms with Gasteiger partial charge in [0.1, 0.15) is 17.6 Å². The lowest BCUT2D eigenvalue weighted by atomic mass is 10.0. The summed E-state index contributed by atoms with van der Waals surface area (Å²) in [7, 11) is 2.81. The lowest BCUT2D eigenvalue weighted by Crippen LogP contribution is -2.27. The fraction of sp³-hybridized carbons (Fsp3) is 0.417. The van der Waals surface area contributed by atoms with Crippen LogP contribution in [-0.4, -0.2) is 43.4 Å². The summed E-state index contributed by atoms with van der Waals surface area (Å²) < 4.78 is 10.1. The Hall–Kier alpha value is -1.63. The maximum absolute atomic E-state index is 10.9. The van der Waals surface area contributed by atoms with E-state index in [0.717, 1.165) is 0 Å². The lowest BCUT2D eigenvalue weighted by Gasteiger charge is -2.20. The second-order valence-electron chi connectivity index (χ2n) is 3.70. The fourth-order valence-electron chi connectivity index (χ4n) is 1.60. The molecule has 0 amide bonds. The number of aliphatic hydroxyl groups excluding tert-OH is 2. The van der Waals surface area contributed by atoms with Crippen molar-refractivity contribution >= 4 is 6.29 Å². The maximum atomic E-state index is 10.9. The van der Waals surface area contributed by atoms with E-state index in [0.29, 0.717) is 23.2 Å². The van der Waals surface area contributed by atoms with Gasteiger partial charge in [0.2, 0.25) is 0 Å². The Morgan fingerprint density at radius 3 is 2.33 bits per heavy atom. The molecule has 1 aromatic rings. The van der Waals surface area contributed by atoms with Crippen molar-refractivity contribution in [2.24, 2.45) is 5.73 Å². The largest absolute Gasteiger partial charge is 0.496 e. The highest BCUT2D eigenvalue weighted by molar-refractivity contribution is 5.80. The Balaban J connectivity index is 3.29. The van der Waals surface area contributed by atoms with E-state index >= 15 is 0 Å². The van der Waals surface area contributed by atoms with Crippen molar-refractivity contribution in [1.29, 1.82) is 0 Å². The summed E-state index contributed by atoms with van der Waals surface area (Å²) in [6, 6.07) is 2.89. The van der Waals surface area contributed by atoms with Crippen molar-refractivity contribution in [3.63, 3.8) is 0 Å². The molecule has 1 rings (SSSR count). The molecule has 0 radical (unpaired) electrons. The van der Waals surface area contributed by atoms with E-state index in [1.807, 2.05) is 0 Å². The summed E-state index contributed by atoms with van der Waals surface area (Å²) in [6.07, 6.45) is -1.71. The number of methoxy groups -OCH3 is 2. The number of benzene rings is 1. The molecule has 2 atom stereocenters. The predicted octanol–water partition coefficient (Wildman–Crippen LogP) is -0.131. The van der Waals surface area contributed by atoms with Crippen LogP contribution in [0.4, 0.5) is 0 Å². The summed E-state index contributed by atoms with van der Waals surface area (Å²) in [6.45, 7) is -0.0952. The Morgan fingerprint density at radius 1 is 1.28 bits per heavy atom. The van der Waals surface area contributed by atoms with Crippen LogP contribution in [0, 0.1) is 0 Å². The van der Waals surface area contributed by atoms with Crippen molar-refractivity contribution in [1.82, 2.24) is 0 Å². The third-order valence-corrected chi connectivity index (χ3v) is 2.63. The van der Waals surface area contributed by atoms with Crippen LogP contribution >= 0.6 is 0 Å². The van der Waals surface area contributed by atoms with Gasteiger partial charge >= 0.3 is 0 Å². The van der Waals surface area contributed by atoms with Crippen LogP contribution in [0.15, 0.2) is 12.1 Å². The number of carbonyl (C=O) groups is 1. The average Bonchev–Trinajstić information content (AvgIpc) is 2.43. The zero-order chi connectivity index (χ0) is 13.7. The van der Waals surface area contributed by atoms with Crippen LogP contribution in [0.1, 0.15) is 22.0 Å². The Bertz CT molecular complexity index is 421. The quantitative estimate of drug-likeness (QED) is 0.612. The van der Waals surface area contributed by atoms with Gasteiger partial charge in [-0.1, -0.05) is 0 Å². The number of nitrogens with two attached hydrogens (primary N) is 1. The highest BCUT2D eigenvalue weighted by atomic mass is 16.5. The smallest absolute Gasteiger partial charge is 0.153 e. The minimum atomic E-state index is -1.21. The highest BCUT2D eigenvalue weighted by Crippen LogP contribution is 2.33. The monoisotopic (exact) mass is 255 g/mol. The predicted molar refractivity (Wildman–Crippen MR) is 65.0 cm³/mol. The first-order valence-electron chi connectivity index (χ1n) is 5.36. The molecule has 0 saturated heterocycles. The molecule has 0 aliphatic rings. The SMILES string of the molecule is COc1cc(C(O)C(O)CN)c(OC)cc1C=O. The average molecular weight is 255 g/mol. The van der Waals surface area contributed by atoms with E-state index in [1.165, 1.54) is 26.4 Å². The summed E-state index contributed by atoms with van der Waals surface area (Å²) in [5.74, 6) is 0.585. The van der Waals surface area contributed by atoms with Crippen LogP contribution in [0.2, 0.25) is 0 Å². The van der Waals surface area contributed by atoms with Gasteiger partial charge in [-0.15, -0.1) is 0 Å². The first-order valence-corrected chi connectivity index (χ1v) is 5.36.